The maximum atomic E-state index is 5.95. The second-order valence-corrected chi connectivity index (χ2v) is 4.35. The van der Waals surface area contributed by atoms with Gasteiger partial charge in [0.15, 0.2) is 0 Å². The molecule has 15 heavy (non-hydrogen) atoms. The van der Waals surface area contributed by atoms with Crippen LogP contribution in [-0.4, -0.2) is 16.6 Å². The van der Waals surface area contributed by atoms with Gasteiger partial charge in [-0.3, -0.25) is 0 Å². The molecule has 0 spiro atoms. The molecular weight excluding hydrogens is 230 g/mol. The van der Waals surface area contributed by atoms with Gasteiger partial charge in [-0.25, -0.2) is 0 Å². The molecule has 1 heterocycles. The Labute approximate surface area is 97.3 Å². The average molecular weight is 240 g/mol. The van der Waals surface area contributed by atoms with Gasteiger partial charge in [0.2, 0.25) is 0 Å². The SMILES string of the molecule is CNC(c1cccc(Cl)c1)c1cnns1. The fraction of sp³-hybridized carbons (Fsp3) is 0.200. The minimum Gasteiger partial charge on any atom is -0.309 e. The molecule has 0 fully saturated rings. The van der Waals surface area contributed by atoms with Crippen LogP contribution in [0.4, 0.5) is 0 Å². The summed E-state index contributed by atoms with van der Waals surface area (Å²) in [7, 11) is 1.91. The first-order valence-electron chi connectivity index (χ1n) is 4.51. The Bertz CT molecular complexity index is 430. The number of rotatable bonds is 3. The van der Waals surface area contributed by atoms with E-state index in [1.807, 2.05) is 31.3 Å². The van der Waals surface area contributed by atoms with Crippen LogP contribution < -0.4 is 5.32 Å². The zero-order valence-electron chi connectivity index (χ0n) is 8.14. The normalized spacial score (nSPS) is 12.7. The number of hydrogen-bond acceptors (Lipinski definition) is 4. The Hall–Kier alpha value is -0.970. The molecular formula is C10H10ClN3S. The van der Waals surface area contributed by atoms with Crippen molar-refractivity contribution in [3.8, 4) is 0 Å². The molecule has 0 amide bonds. The standard InChI is InChI=1S/C10H10ClN3S/c1-12-10(9-6-13-14-15-9)7-3-2-4-8(11)5-7/h2-6,10,12H,1H3. The van der Waals surface area contributed by atoms with E-state index < -0.39 is 0 Å². The fourth-order valence-electron chi connectivity index (χ4n) is 1.46. The van der Waals surface area contributed by atoms with Gasteiger partial charge in [0.25, 0.3) is 0 Å². The monoisotopic (exact) mass is 239 g/mol. The van der Waals surface area contributed by atoms with E-state index in [-0.39, 0.29) is 6.04 Å². The lowest BCUT2D eigenvalue weighted by atomic mass is 10.1. The minimum absolute atomic E-state index is 0.115. The molecule has 1 aromatic carbocycles. The highest BCUT2D eigenvalue weighted by molar-refractivity contribution is 7.05. The summed E-state index contributed by atoms with van der Waals surface area (Å²) >= 11 is 7.34. The summed E-state index contributed by atoms with van der Waals surface area (Å²) in [5.74, 6) is 0. The molecule has 78 valence electrons. The molecule has 0 aliphatic heterocycles. The Morgan fingerprint density at radius 1 is 1.47 bits per heavy atom. The molecule has 2 rings (SSSR count). The van der Waals surface area contributed by atoms with Gasteiger partial charge in [0, 0.05) is 5.02 Å². The summed E-state index contributed by atoms with van der Waals surface area (Å²) < 4.78 is 3.86. The fourth-order valence-corrected chi connectivity index (χ4v) is 2.30. The van der Waals surface area contributed by atoms with E-state index in [0.29, 0.717) is 0 Å². The number of halogens is 1. The van der Waals surface area contributed by atoms with E-state index >= 15 is 0 Å². The van der Waals surface area contributed by atoms with E-state index in [9.17, 15) is 0 Å². The Morgan fingerprint density at radius 3 is 2.93 bits per heavy atom. The van der Waals surface area contributed by atoms with E-state index in [2.05, 4.69) is 14.9 Å². The van der Waals surface area contributed by atoms with Crippen LogP contribution in [0.2, 0.25) is 5.02 Å². The number of hydrogen-bond donors (Lipinski definition) is 1. The number of nitrogens with one attached hydrogen (secondary N) is 1. The highest BCUT2D eigenvalue weighted by Gasteiger charge is 2.14. The first kappa shape index (κ1) is 10.5. The molecule has 0 bridgehead atoms. The van der Waals surface area contributed by atoms with Gasteiger partial charge in [0.1, 0.15) is 0 Å². The second kappa shape index (κ2) is 4.70. The Morgan fingerprint density at radius 2 is 2.33 bits per heavy atom. The molecule has 0 saturated carbocycles. The molecule has 1 N–H and O–H groups in total. The maximum Gasteiger partial charge on any atom is 0.0701 e. The van der Waals surface area contributed by atoms with Gasteiger partial charge in [0.05, 0.1) is 17.1 Å². The summed E-state index contributed by atoms with van der Waals surface area (Å²) in [6.45, 7) is 0. The number of benzene rings is 1. The van der Waals surface area contributed by atoms with Crippen LogP contribution in [0.25, 0.3) is 0 Å². The predicted octanol–water partition coefficient (Wildman–Crippen LogP) is 2.50. The maximum absolute atomic E-state index is 5.95. The highest BCUT2D eigenvalue weighted by atomic mass is 35.5. The van der Waals surface area contributed by atoms with Crippen molar-refractivity contribution in [2.75, 3.05) is 7.05 Å². The lowest BCUT2D eigenvalue weighted by molar-refractivity contribution is 0.702. The molecule has 0 radical (unpaired) electrons. The van der Waals surface area contributed by atoms with Gasteiger partial charge in [-0.2, -0.15) is 0 Å². The second-order valence-electron chi connectivity index (χ2n) is 3.10. The van der Waals surface area contributed by atoms with Gasteiger partial charge >= 0.3 is 0 Å². The van der Waals surface area contributed by atoms with Crippen LogP contribution in [-0.2, 0) is 0 Å². The molecule has 1 atom stereocenters. The van der Waals surface area contributed by atoms with E-state index in [1.54, 1.807) is 6.20 Å². The van der Waals surface area contributed by atoms with Crippen LogP contribution >= 0.6 is 23.1 Å². The zero-order chi connectivity index (χ0) is 10.7. The molecule has 0 saturated heterocycles. The summed E-state index contributed by atoms with van der Waals surface area (Å²) in [6, 6.07) is 7.90. The van der Waals surface area contributed by atoms with Crippen molar-refractivity contribution in [1.29, 1.82) is 0 Å². The van der Waals surface area contributed by atoms with Crippen LogP contribution in [0.15, 0.2) is 30.5 Å². The third kappa shape index (κ3) is 2.34. The van der Waals surface area contributed by atoms with Crippen LogP contribution in [0.5, 0.6) is 0 Å². The van der Waals surface area contributed by atoms with Crippen molar-refractivity contribution >= 4 is 23.1 Å². The third-order valence-corrected chi connectivity index (χ3v) is 3.10. The van der Waals surface area contributed by atoms with Crippen molar-refractivity contribution in [2.45, 2.75) is 6.04 Å². The van der Waals surface area contributed by atoms with Crippen LogP contribution in [0, 0.1) is 0 Å². The molecule has 1 unspecified atom stereocenters. The molecule has 2 aromatic rings. The van der Waals surface area contributed by atoms with E-state index in [1.165, 1.54) is 11.5 Å². The lowest BCUT2D eigenvalue weighted by Gasteiger charge is -2.13. The van der Waals surface area contributed by atoms with Crippen molar-refractivity contribution in [3.63, 3.8) is 0 Å². The Balaban J connectivity index is 2.35. The van der Waals surface area contributed by atoms with Crippen LogP contribution in [0.3, 0.4) is 0 Å². The van der Waals surface area contributed by atoms with Gasteiger partial charge in [-0.15, -0.1) is 5.10 Å². The molecule has 5 heteroatoms. The van der Waals surface area contributed by atoms with Crippen molar-refractivity contribution < 1.29 is 0 Å². The summed E-state index contributed by atoms with van der Waals surface area (Å²) in [6.07, 6.45) is 1.77. The number of aromatic nitrogens is 2. The minimum atomic E-state index is 0.115. The molecule has 0 aliphatic carbocycles. The van der Waals surface area contributed by atoms with Gasteiger partial charge in [-0.1, -0.05) is 28.2 Å². The van der Waals surface area contributed by atoms with E-state index in [4.69, 9.17) is 11.6 Å². The largest absolute Gasteiger partial charge is 0.309 e. The summed E-state index contributed by atoms with van der Waals surface area (Å²) in [4.78, 5) is 1.08. The first-order chi connectivity index (χ1) is 7.31. The van der Waals surface area contributed by atoms with Crippen molar-refractivity contribution in [1.82, 2.24) is 14.9 Å². The molecule has 0 aliphatic rings. The van der Waals surface area contributed by atoms with Crippen LogP contribution in [0.1, 0.15) is 16.5 Å². The number of nitrogens with zero attached hydrogens (tertiary/aromatic N) is 2. The highest BCUT2D eigenvalue weighted by Crippen LogP contribution is 2.25. The predicted molar refractivity (Wildman–Crippen MR) is 62.3 cm³/mol. The lowest BCUT2D eigenvalue weighted by Crippen LogP contribution is -2.16. The van der Waals surface area contributed by atoms with Gasteiger partial charge < -0.3 is 5.32 Å². The van der Waals surface area contributed by atoms with Crippen molar-refractivity contribution in [2.24, 2.45) is 0 Å². The molecule has 1 aromatic heterocycles. The van der Waals surface area contributed by atoms with Crippen molar-refractivity contribution in [3.05, 3.63) is 45.9 Å². The summed E-state index contributed by atoms with van der Waals surface area (Å²) in [5.41, 5.74) is 1.12. The van der Waals surface area contributed by atoms with Gasteiger partial charge in [-0.05, 0) is 36.3 Å². The summed E-state index contributed by atoms with van der Waals surface area (Å²) in [5, 5.41) is 7.80. The average Bonchev–Trinajstić information content (AvgIpc) is 2.72. The smallest absolute Gasteiger partial charge is 0.0701 e. The third-order valence-electron chi connectivity index (χ3n) is 2.13. The Kier molecular flexibility index (Phi) is 3.30. The van der Waals surface area contributed by atoms with E-state index in [0.717, 1.165) is 15.5 Å². The quantitative estimate of drug-likeness (QED) is 0.895. The zero-order valence-corrected chi connectivity index (χ0v) is 9.72. The first-order valence-corrected chi connectivity index (χ1v) is 5.66. The molecule has 3 nitrogen and oxygen atoms in total. The topological polar surface area (TPSA) is 37.8 Å².